The minimum atomic E-state index is -0.375. The lowest BCUT2D eigenvalue weighted by atomic mass is 9.94. The van der Waals surface area contributed by atoms with Crippen LogP contribution in [0, 0.1) is 22.0 Å². The summed E-state index contributed by atoms with van der Waals surface area (Å²) in [5.41, 5.74) is 1.60. The molecular weight excluding hydrogens is 344 g/mol. The number of aromatic nitrogens is 1. The predicted octanol–water partition coefficient (Wildman–Crippen LogP) is 3.52. The number of nitro groups is 1. The molecule has 7 nitrogen and oxygen atoms in total. The molecule has 27 heavy (non-hydrogen) atoms. The van der Waals surface area contributed by atoms with Crippen molar-refractivity contribution in [3.63, 3.8) is 0 Å². The third kappa shape index (κ3) is 4.02. The highest BCUT2D eigenvalue weighted by Crippen LogP contribution is 2.34. The molecule has 2 heterocycles. The van der Waals surface area contributed by atoms with Gasteiger partial charge in [0.05, 0.1) is 16.0 Å². The first-order valence-corrected chi connectivity index (χ1v) is 9.46. The number of nitro benzene ring substituents is 1. The molecule has 0 aliphatic carbocycles. The van der Waals surface area contributed by atoms with Crippen molar-refractivity contribution in [2.45, 2.75) is 39.7 Å². The number of nitrogens with zero attached hydrogens (tertiary/aromatic N) is 3. The number of non-ortho nitro benzene ring substituents is 1. The number of carbonyl (C=O) groups excluding carboxylic acids is 1. The van der Waals surface area contributed by atoms with E-state index in [2.05, 4.69) is 29.0 Å². The summed E-state index contributed by atoms with van der Waals surface area (Å²) < 4.78 is 0. The monoisotopic (exact) mass is 370 g/mol. The highest BCUT2D eigenvalue weighted by molar-refractivity contribution is 5.97. The fourth-order valence-electron chi connectivity index (χ4n) is 3.45. The fourth-order valence-corrected chi connectivity index (χ4v) is 3.45. The zero-order chi connectivity index (χ0) is 19.6. The van der Waals surface area contributed by atoms with Gasteiger partial charge >= 0.3 is 0 Å². The molecule has 1 fully saturated rings. The number of nitrogens with one attached hydrogen (secondary N) is 1. The molecule has 0 spiro atoms. The van der Waals surface area contributed by atoms with Gasteiger partial charge in [-0.1, -0.05) is 13.8 Å². The van der Waals surface area contributed by atoms with E-state index in [-0.39, 0.29) is 28.5 Å². The van der Waals surface area contributed by atoms with Crippen molar-refractivity contribution in [3.8, 4) is 0 Å². The number of rotatable bonds is 5. The Kier molecular flexibility index (Phi) is 5.58. The van der Waals surface area contributed by atoms with Crippen molar-refractivity contribution in [1.82, 2.24) is 10.3 Å². The van der Waals surface area contributed by atoms with Crippen LogP contribution in [0.2, 0.25) is 0 Å². The van der Waals surface area contributed by atoms with Crippen LogP contribution < -0.4 is 10.2 Å². The first-order valence-electron chi connectivity index (χ1n) is 9.46. The molecule has 1 aromatic heterocycles. The number of piperidine rings is 1. The largest absolute Gasteiger partial charge is 0.370 e. The van der Waals surface area contributed by atoms with Gasteiger partial charge in [-0.2, -0.15) is 0 Å². The maximum Gasteiger partial charge on any atom is 0.278 e. The molecule has 0 saturated carbocycles. The molecule has 2 aromatic rings. The average molecular weight is 370 g/mol. The van der Waals surface area contributed by atoms with Gasteiger partial charge in [0.2, 0.25) is 5.91 Å². The first-order chi connectivity index (χ1) is 12.9. The zero-order valence-corrected chi connectivity index (χ0v) is 16.0. The van der Waals surface area contributed by atoms with Crippen LogP contribution in [0.4, 0.5) is 11.4 Å². The second-order valence-electron chi connectivity index (χ2n) is 7.56. The summed E-state index contributed by atoms with van der Waals surface area (Å²) in [6.07, 6.45) is 3.19. The Bertz CT molecular complexity index is 844. The summed E-state index contributed by atoms with van der Waals surface area (Å²) in [6.45, 7) is 7.70. The maximum atomic E-state index is 12.5. The smallest absolute Gasteiger partial charge is 0.278 e. The van der Waals surface area contributed by atoms with Gasteiger partial charge in [-0.05, 0) is 43.9 Å². The van der Waals surface area contributed by atoms with E-state index in [0.29, 0.717) is 16.8 Å². The Morgan fingerprint density at radius 3 is 2.59 bits per heavy atom. The standard InChI is InChI=1S/C20H26N4O3/c1-13(2)14(3)22-20(25)15-8-11-23(12-9-15)18-7-6-17(24(26)27)16-5-4-10-21-19(16)18/h4-7,10,13-15H,8-9,11-12H2,1-3H3,(H,22,25). The molecule has 1 N–H and O–H groups in total. The number of anilines is 1. The molecule has 1 atom stereocenters. The number of hydrogen-bond donors (Lipinski definition) is 1. The lowest BCUT2D eigenvalue weighted by molar-refractivity contribution is -0.383. The SMILES string of the molecule is CC(C)C(C)NC(=O)C1CCN(c2ccc([N+](=O)[O-])c3cccnc23)CC1. The van der Waals surface area contributed by atoms with Crippen LogP contribution in [0.5, 0.6) is 0 Å². The number of pyridine rings is 1. The van der Waals surface area contributed by atoms with Gasteiger partial charge in [-0.15, -0.1) is 0 Å². The van der Waals surface area contributed by atoms with Gasteiger partial charge in [0.25, 0.3) is 5.69 Å². The minimum absolute atomic E-state index is 0.0136. The van der Waals surface area contributed by atoms with Crippen molar-refractivity contribution in [2.75, 3.05) is 18.0 Å². The third-order valence-corrected chi connectivity index (χ3v) is 5.50. The molecule has 1 amide bonds. The summed E-state index contributed by atoms with van der Waals surface area (Å²) in [7, 11) is 0. The summed E-state index contributed by atoms with van der Waals surface area (Å²) in [5.74, 6) is 0.550. The predicted molar refractivity (Wildman–Crippen MR) is 106 cm³/mol. The Morgan fingerprint density at radius 1 is 1.26 bits per heavy atom. The number of fused-ring (bicyclic) bond motifs is 1. The highest BCUT2D eigenvalue weighted by Gasteiger charge is 2.28. The maximum absolute atomic E-state index is 12.5. The second kappa shape index (κ2) is 7.90. The van der Waals surface area contributed by atoms with Gasteiger partial charge < -0.3 is 10.2 Å². The normalized spacial score (nSPS) is 16.5. The number of amides is 1. The topological polar surface area (TPSA) is 88.4 Å². The van der Waals surface area contributed by atoms with E-state index in [1.807, 2.05) is 6.92 Å². The van der Waals surface area contributed by atoms with E-state index in [1.54, 1.807) is 30.5 Å². The van der Waals surface area contributed by atoms with Crippen molar-refractivity contribution in [2.24, 2.45) is 11.8 Å². The molecule has 1 aliphatic rings. The third-order valence-electron chi connectivity index (χ3n) is 5.50. The summed E-state index contributed by atoms with van der Waals surface area (Å²) in [4.78, 5) is 29.9. The van der Waals surface area contributed by atoms with E-state index in [9.17, 15) is 14.9 Å². The highest BCUT2D eigenvalue weighted by atomic mass is 16.6. The summed E-state index contributed by atoms with van der Waals surface area (Å²) in [5, 5.41) is 14.9. The second-order valence-corrected chi connectivity index (χ2v) is 7.56. The molecule has 3 rings (SSSR count). The van der Waals surface area contributed by atoms with Gasteiger partial charge in [0, 0.05) is 37.3 Å². The van der Waals surface area contributed by atoms with Crippen LogP contribution in [-0.2, 0) is 4.79 Å². The van der Waals surface area contributed by atoms with Gasteiger partial charge in [0.15, 0.2) is 0 Å². The van der Waals surface area contributed by atoms with Crippen molar-refractivity contribution < 1.29 is 9.72 Å². The molecule has 1 saturated heterocycles. The minimum Gasteiger partial charge on any atom is -0.370 e. The molecule has 0 bridgehead atoms. The summed E-state index contributed by atoms with van der Waals surface area (Å²) in [6, 6.07) is 6.93. The fraction of sp³-hybridized carbons (Fsp3) is 0.500. The van der Waals surface area contributed by atoms with E-state index >= 15 is 0 Å². The Labute approximate surface area is 158 Å². The number of hydrogen-bond acceptors (Lipinski definition) is 5. The van der Waals surface area contributed by atoms with Crippen molar-refractivity contribution >= 4 is 28.2 Å². The Balaban J connectivity index is 1.74. The Morgan fingerprint density at radius 2 is 1.96 bits per heavy atom. The van der Waals surface area contributed by atoms with Crippen LogP contribution >= 0.6 is 0 Å². The quantitative estimate of drug-likeness (QED) is 0.642. The first kappa shape index (κ1) is 19.1. The van der Waals surface area contributed by atoms with E-state index in [1.165, 1.54) is 0 Å². The van der Waals surface area contributed by atoms with Gasteiger partial charge in [-0.3, -0.25) is 19.9 Å². The van der Waals surface area contributed by atoms with E-state index < -0.39 is 0 Å². The lowest BCUT2D eigenvalue weighted by Gasteiger charge is -2.34. The molecule has 1 aromatic carbocycles. The lowest BCUT2D eigenvalue weighted by Crippen LogP contribution is -2.44. The Hall–Kier alpha value is -2.70. The van der Waals surface area contributed by atoms with Crippen LogP contribution in [-0.4, -0.2) is 34.9 Å². The number of benzene rings is 1. The molecule has 144 valence electrons. The molecule has 0 radical (unpaired) electrons. The molecule has 1 unspecified atom stereocenters. The van der Waals surface area contributed by atoms with Crippen molar-refractivity contribution in [3.05, 3.63) is 40.6 Å². The molecule has 1 aliphatic heterocycles. The molecule has 7 heteroatoms. The summed E-state index contributed by atoms with van der Waals surface area (Å²) >= 11 is 0. The van der Waals surface area contributed by atoms with Crippen molar-refractivity contribution in [1.29, 1.82) is 0 Å². The van der Waals surface area contributed by atoms with E-state index in [4.69, 9.17) is 0 Å². The van der Waals surface area contributed by atoms with Gasteiger partial charge in [0.1, 0.15) is 5.52 Å². The molecular formula is C20H26N4O3. The number of carbonyl (C=O) groups is 1. The average Bonchev–Trinajstić information content (AvgIpc) is 2.67. The van der Waals surface area contributed by atoms with Crippen LogP contribution in [0.3, 0.4) is 0 Å². The zero-order valence-electron chi connectivity index (χ0n) is 16.0. The van der Waals surface area contributed by atoms with Crippen LogP contribution in [0.15, 0.2) is 30.5 Å². The van der Waals surface area contributed by atoms with E-state index in [0.717, 1.165) is 31.6 Å². The van der Waals surface area contributed by atoms with Gasteiger partial charge in [-0.25, -0.2) is 0 Å². The van der Waals surface area contributed by atoms with Crippen LogP contribution in [0.1, 0.15) is 33.6 Å². The van der Waals surface area contributed by atoms with Crippen LogP contribution in [0.25, 0.3) is 10.9 Å².